The molecule has 2 fully saturated rings. The van der Waals surface area contributed by atoms with Gasteiger partial charge in [0.05, 0.1) is 23.4 Å². The first-order valence-corrected chi connectivity index (χ1v) is 14.3. The average molecular weight is 556 g/mol. The molecule has 3 atom stereocenters. The van der Waals surface area contributed by atoms with E-state index in [4.69, 9.17) is 37.4 Å². The zero-order chi connectivity index (χ0) is 26.3. The number of halogens is 2. The second kappa shape index (κ2) is 13.2. The van der Waals surface area contributed by atoms with Crippen LogP contribution in [0, 0.1) is 0 Å². The highest BCUT2D eigenvalue weighted by Gasteiger charge is 2.33. The molecule has 0 N–H and O–H groups in total. The first-order valence-electron chi connectivity index (χ1n) is 13.5. The van der Waals surface area contributed by atoms with E-state index in [-0.39, 0.29) is 12.3 Å². The summed E-state index contributed by atoms with van der Waals surface area (Å²) >= 11 is 13.1. The maximum atomic E-state index is 6.88. The second-order valence-corrected chi connectivity index (χ2v) is 11.0. The lowest BCUT2D eigenvalue weighted by atomic mass is 9.98. The van der Waals surface area contributed by atoms with Crippen molar-refractivity contribution in [1.82, 2.24) is 4.90 Å². The molecule has 2 aliphatic rings. The van der Waals surface area contributed by atoms with Crippen molar-refractivity contribution in [2.45, 2.75) is 51.1 Å². The number of benzene rings is 3. The van der Waals surface area contributed by atoms with Crippen LogP contribution in [-0.4, -0.2) is 50.1 Å². The Bertz CT molecular complexity index is 1160. The minimum absolute atomic E-state index is 0.106. The van der Waals surface area contributed by atoms with Crippen LogP contribution in [-0.2, 0) is 16.0 Å². The molecule has 5 rings (SSSR count). The van der Waals surface area contributed by atoms with Crippen LogP contribution in [0.2, 0.25) is 10.0 Å². The Kier molecular flexibility index (Phi) is 9.47. The third-order valence-electron chi connectivity index (χ3n) is 7.37. The van der Waals surface area contributed by atoms with Crippen LogP contribution < -0.4 is 9.64 Å². The molecule has 2 saturated heterocycles. The van der Waals surface area contributed by atoms with Gasteiger partial charge >= 0.3 is 0 Å². The monoisotopic (exact) mass is 554 g/mol. The molecule has 2 heterocycles. The van der Waals surface area contributed by atoms with Gasteiger partial charge in [-0.15, -0.1) is 0 Å². The fourth-order valence-electron chi connectivity index (χ4n) is 5.29. The van der Waals surface area contributed by atoms with Crippen molar-refractivity contribution >= 4 is 28.9 Å². The van der Waals surface area contributed by atoms with E-state index in [1.54, 1.807) is 0 Å². The summed E-state index contributed by atoms with van der Waals surface area (Å²) in [4.78, 5) is 4.97. The second-order valence-electron chi connectivity index (χ2n) is 10.1. The molecule has 3 aromatic carbocycles. The molecule has 0 amide bonds. The molecule has 0 bridgehead atoms. The molecule has 7 heteroatoms. The Morgan fingerprint density at radius 1 is 0.921 bits per heavy atom. The van der Waals surface area contributed by atoms with E-state index in [1.807, 2.05) is 24.3 Å². The van der Waals surface area contributed by atoms with Crippen LogP contribution in [0.3, 0.4) is 0 Å². The Morgan fingerprint density at radius 2 is 1.74 bits per heavy atom. The fraction of sp³-hybridized carbons (Fsp3) is 0.419. The molecule has 5 nitrogen and oxygen atoms in total. The third-order valence-corrected chi connectivity index (χ3v) is 7.93. The topological polar surface area (TPSA) is 34.2 Å². The molecule has 0 radical (unpaired) electrons. The predicted molar refractivity (Wildman–Crippen MR) is 154 cm³/mol. The molecule has 0 aliphatic carbocycles. The van der Waals surface area contributed by atoms with Gasteiger partial charge in [0.2, 0.25) is 0 Å². The fourth-order valence-corrected chi connectivity index (χ4v) is 5.70. The van der Waals surface area contributed by atoms with Crippen molar-refractivity contribution in [3.8, 4) is 5.75 Å². The summed E-state index contributed by atoms with van der Waals surface area (Å²) in [6.07, 6.45) is 3.11. The molecule has 0 spiro atoms. The molecule has 3 aromatic rings. The summed E-state index contributed by atoms with van der Waals surface area (Å²) in [7, 11) is 0. The molecule has 0 aromatic heterocycles. The number of ether oxygens (including phenoxy) is 3. The van der Waals surface area contributed by atoms with Gasteiger partial charge < -0.3 is 19.1 Å². The summed E-state index contributed by atoms with van der Waals surface area (Å²) in [5.74, 6) is 0.741. The largest absolute Gasteiger partial charge is 0.491 e. The van der Waals surface area contributed by atoms with E-state index in [0.717, 1.165) is 62.0 Å². The first kappa shape index (κ1) is 27.3. The van der Waals surface area contributed by atoms with Gasteiger partial charge in [0.15, 0.2) is 6.29 Å². The van der Waals surface area contributed by atoms with Gasteiger partial charge in [-0.25, -0.2) is 0 Å². The predicted octanol–water partition coefficient (Wildman–Crippen LogP) is 7.37. The van der Waals surface area contributed by atoms with Gasteiger partial charge in [-0.1, -0.05) is 65.7 Å². The standard InChI is InChI=1S/C31H36Cl2N2O3/c1-23-20-35(29-15-14-27(19-28(29)33)36-17-18-38-31-9-5-6-16-37-31)30(25-10-12-26(32)13-11-25)22-34(23)21-24-7-3-2-4-8-24/h2-4,7-8,10-15,19,23,30-31H,5-6,9,16-18,20-22H2,1H3. The Labute approximate surface area is 236 Å². The lowest BCUT2D eigenvalue weighted by Crippen LogP contribution is -2.53. The maximum absolute atomic E-state index is 6.88. The van der Waals surface area contributed by atoms with Gasteiger partial charge in [0.1, 0.15) is 12.4 Å². The van der Waals surface area contributed by atoms with E-state index < -0.39 is 0 Å². The quantitative estimate of drug-likeness (QED) is 0.258. The van der Waals surface area contributed by atoms with Crippen LogP contribution in [0.1, 0.15) is 43.4 Å². The van der Waals surface area contributed by atoms with E-state index in [0.29, 0.717) is 24.3 Å². The van der Waals surface area contributed by atoms with Crippen LogP contribution in [0.4, 0.5) is 5.69 Å². The van der Waals surface area contributed by atoms with Crippen LogP contribution in [0.5, 0.6) is 5.75 Å². The van der Waals surface area contributed by atoms with E-state index in [9.17, 15) is 0 Å². The Morgan fingerprint density at radius 3 is 2.47 bits per heavy atom. The lowest BCUT2D eigenvalue weighted by molar-refractivity contribution is -0.165. The summed E-state index contributed by atoms with van der Waals surface area (Å²) in [5.41, 5.74) is 3.55. The highest BCUT2D eigenvalue weighted by Crippen LogP contribution is 2.39. The highest BCUT2D eigenvalue weighted by atomic mass is 35.5. The summed E-state index contributed by atoms with van der Waals surface area (Å²) in [5, 5.41) is 1.42. The molecular formula is C31H36Cl2N2O3. The van der Waals surface area contributed by atoms with Crippen molar-refractivity contribution in [2.24, 2.45) is 0 Å². The van der Waals surface area contributed by atoms with Gasteiger partial charge in [-0.05, 0) is 61.6 Å². The van der Waals surface area contributed by atoms with Crippen molar-refractivity contribution in [3.05, 3.63) is 94.0 Å². The van der Waals surface area contributed by atoms with Gasteiger partial charge in [0, 0.05) is 43.4 Å². The summed E-state index contributed by atoms with van der Waals surface area (Å²) < 4.78 is 17.3. The SMILES string of the molecule is CC1CN(c2ccc(OCCOC3CCCCO3)cc2Cl)C(c2ccc(Cl)cc2)CN1Cc1ccccc1. The van der Waals surface area contributed by atoms with Crippen LogP contribution in [0.25, 0.3) is 0 Å². The lowest BCUT2D eigenvalue weighted by Gasteiger charge is -2.47. The van der Waals surface area contributed by atoms with Gasteiger partial charge in [-0.3, -0.25) is 4.90 Å². The minimum Gasteiger partial charge on any atom is -0.491 e. The molecule has 2 aliphatic heterocycles. The molecule has 202 valence electrons. The van der Waals surface area contributed by atoms with Crippen LogP contribution in [0.15, 0.2) is 72.8 Å². The maximum Gasteiger partial charge on any atom is 0.157 e. The zero-order valence-electron chi connectivity index (χ0n) is 21.9. The van der Waals surface area contributed by atoms with Crippen molar-refractivity contribution in [1.29, 1.82) is 0 Å². The normalized spacial score (nSPS) is 22.4. The number of hydrogen-bond acceptors (Lipinski definition) is 5. The number of piperazine rings is 1. The number of anilines is 1. The molecule has 3 unspecified atom stereocenters. The summed E-state index contributed by atoms with van der Waals surface area (Å²) in [6.45, 7) is 6.66. The molecule has 0 saturated carbocycles. The average Bonchev–Trinajstić information content (AvgIpc) is 2.94. The van der Waals surface area contributed by atoms with Crippen molar-refractivity contribution in [3.63, 3.8) is 0 Å². The van der Waals surface area contributed by atoms with Crippen LogP contribution >= 0.6 is 23.2 Å². The van der Waals surface area contributed by atoms with E-state index >= 15 is 0 Å². The zero-order valence-corrected chi connectivity index (χ0v) is 23.4. The van der Waals surface area contributed by atoms with E-state index in [1.165, 1.54) is 11.1 Å². The molecular weight excluding hydrogens is 519 g/mol. The number of nitrogens with zero attached hydrogens (tertiary/aromatic N) is 2. The van der Waals surface area contributed by atoms with Gasteiger partial charge in [-0.2, -0.15) is 0 Å². The Balaban J connectivity index is 1.29. The first-order chi connectivity index (χ1) is 18.6. The third kappa shape index (κ3) is 7.02. The number of hydrogen-bond donors (Lipinski definition) is 0. The van der Waals surface area contributed by atoms with Gasteiger partial charge in [0.25, 0.3) is 0 Å². The van der Waals surface area contributed by atoms with Crippen molar-refractivity contribution in [2.75, 3.05) is 37.8 Å². The van der Waals surface area contributed by atoms with Crippen molar-refractivity contribution < 1.29 is 14.2 Å². The van der Waals surface area contributed by atoms with E-state index in [2.05, 4.69) is 65.3 Å². The minimum atomic E-state index is -0.106. The Hall–Kier alpha value is -2.28. The number of rotatable bonds is 9. The smallest absolute Gasteiger partial charge is 0.157 e. The molecule has 38 heavy (non-hydrogen) atoms. The highest BCUT2D eigenvalue weighted by molar-refractivity contribution is 6.33. The summed E-state index contributed by atoms with van der Waals surface area (Å²) in [6, 6.07) is 25.3.